The second kappa shape index (κ2) is 6.12. The molecule has 2 nitrogen and oxygen atoms in total. The molecule has 0 aliphatic rings. The van der Waals surface area contributed by atoms with Gasteiger partial charge in [-0.3, -0.25) is 0 Å². The van der Waals surface area contributed by atoms with Gasteiger partial charge in [0.1, 0.15) is 5.82 Å². The van der Waals surface area contributed by atoms with Gasteiger partial charge in [0.05, 0.1) is 11.6 Å². The van der Waals surface area contributed by atoms with Crippen LogP contribution in [0.4, 0.5) is 4.39 Å². The van der Waals surface area contributed by atoms with E-state index in [2.05, 4.69) is 30.4 Å². The van der Waals surface area contributed by atoms with Crippen molar-refractivity contribution >= 4 is 0 Å². The predicted molar refractivity (Wildman–Crippen MR) is 72.8 cm³/mol. The third kappa shape index (κ3) is 3.40. The van der Waals surface area contributed by atoms with Crippen LogP contribution in [0.15, 0.2) is 42.5 Å². The highest BCUT2D eigenvalue weighted by molar-refractivity contribution is 5.37. The fourth-order valence-electron chi connectivity index (χ4n) is 1.96. The van der Waals surface area contributed by atoms with Crippen molar-refractivity contribution in [3.05, 3.63) is 70.5 Å². The number of halogens is 1. The smallest absolute Gasteiger partial charge is 0.123 e. The molecule has 2 aromatic carbocycles. The Kier molecular flexibility index (Phi) is 4.27. The van der Waals surface area contributed by atoms with Crippen LogP contribution in [0.2, 0.25) is 0 Å². The number of nitrogens with zero attached hydrogens (tertiary/aromatic N) is 1. The number of nitrogens with one attached hydrogen (secondary N) is 1. The molecule has 2 rings (SSSR count). The Morgan fingerprint density at radius 1 is 1.11 bits per heavy atom. The molecular weight excluding hydrogens is 239 g/mol. The summed E-state index contributed by atoms with van der Waals surface area (Å²) in [6.45, 7) is 3.24. The van der Waals surface area contributed by atoms with Gasteiger partial charge in [-0.1, -0.05) is 24.3 Å². The average molecular weight is 254 g/mol. The first-order valence-corrected chi connectivity index (χ1v) is 6.14. The summed E-state index contributed by atoms with van der Waals surface area (Å²) < 4.78 is 13.2. The van der Waals surface area contributed by atoms with Crippen LogP contribution in [0.25, 0.3) is 0 Å². The summed E-state index contributed by atoms with van der Waals surface area (Å²) in [6, 6.07) is 14.4. The highest BCUT2D eigenvalue weighted by atomic mass is 19.1. The first-order valence-electron chi connectivity index (χ1n) is 6.14. The second-order valence-corrected chi connectivity index (χ2v) is 4.44. The van der Waals surface area contributed by atoms with Crippen molar-refractivity contribution in [3.8, 4) is 6.07 Å². The first-order chi connectivity index (χ1) is 9.20. The normalized spacial score (nSPS) is 10.2. The van der Waals surface area contributed by atoms with E-state index in [1.54, 1.807) is 0 Å². The maximum atomic E-state index is 13.2. The summed E-state index contributed by atoms with van der Waals surface area (Å²) >= 11 is 0. The lowest BCUT2D eigenvalue weighted by molar-refractivity contribution is 0.619. The summed E-state index contributed by atoms with van der Waals surface area (Å²) in [5.41, 5.74) is 3.63. The molecule has 2 aromatic rings. The molecule has 0 bridgehead atoms. The topological polar surface area (TPSA) is 35.8 Å². The van der Waals surface area contributed by atoms with Gasteiger partial charge in [-0.15, -0.1) is 0 Å². The van der Waals surface area contributed by atoms with E-state index in [-0.39, 0.29) is 5.82 Å². The van der Waals surface area contributed by atoms with Crippen molar-refractivity contribution in [2.75, 3.05) is 0 Å². The SMILES string of the molecule is Cc1ccccc1CNCc1cc(F)ccc1C#N. The number of benzene rings is 2. The minimum Gasteiger partial charge on any atom is -0.309 e. The maximum Gasteiger partial charge on any atom is 0.123 e. The molecule has 0 saturated carbocycles. The van der Waals surface area contributed by atoms with Crippen LogP contribution in [0.3, 0.4) is 0 Å². The molecule has 0 saturated heterocycles. The van der Waals surface area contributed by atoms with Gasteiger partial charge in [-0.05, 0) is 41.8 Å². The molecule has 3 heteroatoms. The molecule has 0 spiro atoms. The van der Waals surface area contributed by atoms with Gasteiger partial charge in [0.15, 0.2) is 0 Å². The Labute approximate surface area is 112 Å². The summed E-state index contributed by atoms with van der Waals surface area (Å²) in [7, 11) is 0. The number of aryl methyl sites for hydroxylation is 1. The van der Waals surface area contributed by atoms with Crippen molar-refractivity contribution in [3.63, 3.8) is 0 Å². The van der Waals surface area contributed by atoms with Crippen LogP contribution in [-0.4, -0.2) is 0 Å². The molecule has 96 valence electrons. The fourth-order valence-corrected chi connectivity index (χ4v) is 1.96. The molecule has 0 atom stereocenters. The summed E-state index contributed by atoms with van der Waals surface area (Å²) in [4.78, 5) is 0. The Morgan fingerprint density at radius 3 is 2.58 bits per heavy atom. The van der Waals surface area contributed by atoms with E-state index < -0.39 is 0 Å². The van der Waals surface area contributed by atoms with Gasteiger partial charge in [0.25, 0.3) is 0 Å². The Bertz CT molecular complexity index is 614. The molecule has 19 heavy (non-hydrogen) atoms. The molecule has 0 aliphatic carbocycles. The number of hydrogen-bond acceptors (Lipinski definition) is 2. The summed E-state index contributed by atoms with van der Waals surface area (Å²) in [5.74, 6) is -0.313. The first kappa shape index (κ1) is 13.3. The number of hydrogen-bond donors (Lipinski definition) is 1. The van der Waals surface area contributed by atoms with Gasteiger partial charge in [-0.2, -0.15) is 5.26 Å². The third-order valence-corrected chi connectivity index (χ3v) is 3.08. The van der Waals surface area contributed by atoms with E-state index in [0.717, 1.165) is 0 Å². The number of rotatable bonds is 4. The zero-order valence-corrected chi connectivity index (χ0v) is 10.8. The van der Waals surface area contributed by atoms with E-state index in [4.69, 9.17) is 5.26 Å². The van der Waals surface area contributed by atoms with E-state index in [9.17, 15) is 4.39 Å². The van der Waals surface area contributed by atoms with E-state index in [0.29, 0.717) is 24.2 Å². The van der Waals surface area contributed by atoms with Crippen LogP contribution in [0.1, 0.15) is 22.3 Å². The third-order valence-electron chi connectivity index (χ3n) is 3.08. The standard InChI is InChI=1S/C16H15FN2/c1-12-4-2-3-5-14(12)10-19-11-15-8-16(17)7-6-13(15)9-18/h2-8,19H,10-11H2,1H3. The molecule has 0 amide bonds. The number of nitriles is 1. The maximum absolute atomic E-state index is 13.2. The average Bonchev–Trinajstić information content (AvgIpc) is 2.41. The zero-order valence-electron chi connectivity index (χ0n) is 10.8. The molecule has 0 aliphatic heterocycles. The zero-order chi connectivity index (χ0) is 13.7. The minimum atomic E-state index is -0.313. The van der Waals surface area contributed by atoms with Gasteiger partial charge < -0.3 is 5.32 Å². The molecule has 0 heterocycles. The Balaban J connectivity index is 2.02. The van der Waals surface area contributed by atoms with E-state index >= 15 is 0 Å². The van der Waals surface area contributed by atoms with Crippen molar-refractivity contribution in [2.45, 2.75) is 20.0 Å². The fraction of sp³-hybridized carbons (Fsp3) is 0.188. The van der Waals surface area contributed by atoms with Crippen LogP contribution >= 0.6 is 0 Å². The van der Waals surface area contributed by atoms with Crippen molar-refractivity contribution in [1.29, 1.82) is 5.26 Å². The highest BCUT2D eigenvalue weighted by Gasteiger charge is 2.04. The van der Waals surface area contributed by atoms with Gasteiger partial charge >= 0.3 is 0 Å². The molecule has 0 radical (unpaired) electrons. The lowest BCUT2D eigenvalue weighted by Crippen LogP contribution is -2.14. The van der Waals surface area contributed by atoms with Crippen molar-refractivity contribution in [1.82, 2.24) is 5.32 Å². The molecule has 1 N–H and O–H groups in total. The summed E-state index contributed by atoms with van der Waals surface area (Å²) in [6.07, 6.45) is 0. The second-order valence-electron chi connectivity index (χ2n) is 4.44. The largest absolute Gasteiger partial charge is 0.309 e. The molecule has 0 unspecified atom stereocenters. The molecule has 0 aromatic heterocycles. The highest BCUT2D eigenvalue weighted by Crippen LogP contribution is 2.11. The predicted octanol–water partition coefficient (Wildman–Crippen LogP) is 3.30. The lowest BCUT2D eigenvalue weighted by atomic mass is 10.1. The molecule has 0 fully saturated rings. The van der Waals surface area contributed by atoms with Crippen LogP contribution in [0, 0.1) is 24.1 Å². The van der Waals surface area contributed by atoms with Crippen molar-refractivity contribution < 1.29 is 4.39 Å². The van der Waals surface area contributed by atoms with Crippen LogP contribution in [0.5, 0.6) is 0 Å². The van der Waals surface area contributed by atoms with Gasteiger partial charge in [0, 0.05) is 13.1 Å². The van der Waals surface area contributed by atoms with Gasteiger partial charge in [-0.25, -0.2) is 4.39 Å². The lowest BCUT2D eigenvalue weighted by Gasteiger charge is -2.09. The van der Waals surface area contributed by atoms with E-state index in [1.165, 1.54) is 29.3 Å². The summed E-state index contributed by atoms with van der Waals surface area (Å²) in [5, 5.41) is 12.2. The van der Waals surface area contributed by atoms with Crippen LogP contribution < -0.4 is 5.32 Å². The van der Waals surface area contributed by atoms with Gasteiger partial charge in [0.2, 0.25) is 0 Å². The Morgan fingerprint density at radius 2 is 1.84 bits per heavy atom. The molecular formula is C16H15FN2. The van der Waals surface area contributed by atoms with E-state index in [1.807, 2.05) is 12.1 Å². The Hall–Kier alpha value is -2.18. The quantitative estimate of drug-likeness (QED) is 0.908. The van der Waals surface area contributed by atoms with Crippen molar-refractivity contribution in [2.24, 2.45) is 0 Å². The minimum absolute atomic E-state index is 0.313. The van der Waals surface area contributed by atoms with Crippen LogP contribution in [-0.2, 0) is 13.1 Å². The monoisotopic (exact) mass is 254 g/mol.